The fraction of sp³-hybridized carbons (Fsp3) is 0.217. The molecule has 172 valence electrons. The molecule has 0 fully saturated rings. The van der Waals surface area contributed by atoms with Gasteiger partial charge in [-0.1, -0.05) is 29.8 Å². The maximum atomic E-state index is 13.9. The zero-order chi connectivity index (χ0) is 23.8. The molecule has 0 bridgehead atoms. The van der Waals surface area contributed by atoms with E-state index in [0.717, 1.165) is 9.18 Å². The zero-order valence-corrected chi connectivity index (χ0v) is 20.4. The molecule has 0 saturated heterocycles. The van der Waals surface area contributed by atoms with Gasteiger partial charge >= 0.3 is 0 Å². The number of carbonyl (C=O) groups is 2. The van der Waals surface area contributed by atoms with E-state index in [2.05, 4.69) is 10.6 Å². The van der Waals surface area contributed by atoms with Gasteiger partial charge in [0.1, 0.15) is 6.04 Å². The number of sulfonamides is 1. The van der Waals surface area contributed by atoms with Crippen LogP contribution in [0.15, 0.2) is 58.8 Å². The molecule has 0 spiro atoms. The number of benzene rings is 2. The number of anilines is 2. The highest BCUT2D eigenvalue weighted by atomic mass is 35.5. The largest absolute Gasteiger partial charge is 0.351 e. The van der Waals surface area contributed by atoms with Crippen LogP contribution in [0.3, 0.4) is 0 Å². The van der Waals surface area contributed by atoms with Crippen LogP contribution in [0.1, 0.15) is 22.4 Å². The van der Waals surface area contributed by atoms with Crippen LogP contribution < -0.4 is 14.9 Å². The Bertz CT molecular complexity index is 1320. The highest BCUT2D eigenvalue weighted by Gasteiger charge is 2.42. The number of para-hydroxylation sites is 2. The molecule has 10 heteroatoms. The van der Waals surface area contributed by atoms with Crippen molar-refractivity contribution in [1.29, 1.82) is 0 Å². The standard InChI is InChI=1S/C23H22ClN3O4S2/c1-14-11-21(15(2)10-17(14)24)33(30,31)27-19-8-4-3-7-18(19)26-23(29)20(27)12-22(28)25-13-16-6-5-9-32-16/h3-11,20H,12-13H2,1-2H3,(H,25,28)(H,26,29). The summed E-state index contributed by atoms with van der Waals surface area (Å²) < 4.78 is 28.8. The predicted octanol–water partition coefficient (Wildman–Crippen LogP) is 4.24. The number of nitrogens with one attached hydrogen (secondary N) is 2. The number of aryl methyl sites for hydroxylation is 2. The molecule has 7 nitrogen and oxygen atoms in total. The molecule has 1 aromatic heterocycles. The number of carbonyl (C=O) groups excluding carboxylic acids is 2. The van der Waals surface area contributed by atoms with Crippen LogP contribution in [-0.4, -0.2) is 26.3 Å². The van der Waals surface area contributed by atoms with Gasteiger partial charge in [0.2, 0.25) is 11.8 Å². The van der Waals surface area contributed by atoms with E-state index in [-0.39, 0.29) is 11.3 Å². The van der Waals surface area contributed by atoms with Crippen molar-refractivity contribution >= 4 is 56.2 Å². The first-order valence-electron chi connectivity index (χ1n) is 10.2. The number of rotatable bonds is 6. The third kappa shape index (κ3) is 4.62. The van der Waals surface area contributed by atoms with Crippen LogP contribution in [0.5, 0.6) is 0 Å². The van der Waals surface area contributed by atoms with Crippen LogP contribution in [-0.2, 0) is 26.2 Å². The van der Waals surface area contributed by atoms with Gasteiger partial charge in [-0.05, 0) is 60.7 Å². The molecule has 1 atom stereocenters. The summed E-state index contributed by atoms with van der Waals surface area (Å²) in [5.41, 5.74) is 1.72. The topological polar surface area (TPSA) is 95.6 Å². The van der Waals surface area contributed by atoms with Crippen molar-refractivity contribution in [2.75, 3.05) is 9.62 Å². The van der Waals surface area contributed by atoms with Crippen LogP contribution in [0, 0.1) is 13.8 Å². The van der Waals surface area contributed by atoms with Gasteiger partial charge in [0.15, 0.2) is 0 Å². The lowest BCUT2D eigenvalue weighted by molar-refractivity contribution is -0.125. The molecule has 2 heterocycles. The molecule has 2 amide bonds. The van der Waals surface area contributed by atoms with E-state index in [4.69, 9.17) is 11.6 Å². The zero-order valence-electron chi connectivity index (χ0n) is 18.0. The van der Waals surface area contributed by atoms with Crippen LogP contribution in [0.25, 0.3) is 0 Å². The Labute approximate surface area is 201 Å². The normalized spacial score (nSPS) is 15.7. The number of hydrogen-bond acceptors (Lipinski definition) is 5. The summed E-state index contributed by atoms with van der Waals surface area (Å²) in [5.74, 6) is -0.987. The van der Waals surface area contributed by atoms with Crippen molar-refractivity contribution in [2.24, 2.45) is 0 Å². The number of hydrogen-bond donors (Lipinski definition) is 2. The minimum absolute atomic E-state index is 0.0397. The Hall–Kier alpha value is -2.88. The van der Waals surface area contributed by atoms with E-state index in [9.17, 15) is 18.0 Å². The summed E-state index contributed by atoms with van der Waals surface area (Å²) in [6.07, 6.45) is -0.323. The highest BCUT2D eigenvalue weighted by Crippen LogP contribution is 2.38. The molecule has 2 N–H and O–H groups in total. The lowest BCUT2D eigenvalue weighted by Gasteiger charge is -2.37. The van der Waals surface area contributed by atoms with Crippen LogP contribution >= 0.6 is 22.9 Å². The molecule has 1 aliphatic rings. The van der Waals surface area contributed by atoms with Crippen molar-refractivity contribution in [2.45, 2.75) is 37.8 Å². The molecule has 1 unspecified atom stereocenters. The van der Waals surface area contributed by atoms with Gasteiger partial charge in [0.05, 0.1) is 29.2 Å². The van der Waals surface area contributed by atoms with Crippen molar-refractivity contribution in [3.63, 3.8) is 0 Å². The van der Waals surface area contributed by atoms with Gasteiger partial charge in [-0.25, -0.2) is 8.42 Å². The van der Waals surface area contributed by atoms with Gasteiger partial charge in [0.25, 0.3) is 10.0 Å². The second kappa shape index (κ2) is 9.17. The first-order valence-corrected chi connectivity index (χ1v) is 12.9. The number of thiophene rings is 1. The van der Waals surface area contributed by atoms with E-state index in [1.54, 1.807) is 44.2 Å². The van der Waals surface area contributed by atoms with Gasteiger partial charge in [-0.2, -0.15) is 0 Å². The second-order valence-electron chi connectivity index (χ2n) is 7.75. The monoisotopic (exact) mass is 503 g/mol. The second-order valence-corrected chi connectivity index (χ2v) is 11.0. The van der Waals surface area contributed by atoms with Crippen molar-refractivity contribution in [3.8, 4) is 0 Å². The molecule has 33 heavy (non-hydrogen) atoms. The van der Waals surface area contributed by atoms with Crippen molar-refractivity contribution in [1.82, 2.24) is 5.32 Å². The molecular formula is C23H22ClN3O4S2. The average molecular weight is 504 g/mol. The molecule has 0 radical (unpaired) electrons. The molecule has 3 aromatic rings. The number of amides is 2. The summed E-state index contributed by atoms with van der Waals surface area (Å²) in [5, 5.41) is 7.85. The minimum Gasteiger partial charge on any atom is -0.351 e. The Morgan fingerprint density at radius 1 is 1.15 bits per heavy atom. The van der Waals surface area contributed by atoms with Gasteiger partial charge in [-0.15, -0.1) is 11.3 Å². The maximum absolute atomic E-state index is 13.9. The summed E-state index contributed by atoms with van der Waals surface area (Å²) in [6.45, 7) is 3.67. The predicted molar refractivity (Wildman–Crippen MR) is 130 cm³/mol. The molecule has 0 saturated carbocycles. The lowest BCUT2D eigenvalue weighted by atomic mass is 10.1. The maximum Gasteiger partial charge on any atom is 0.265 e. The number of halogens is 1. The van der Waals surface area contributed by atoms with E-state index < -0.39 is 27.9 Å². The first kappa shape index (κ1) is 23.3. The Balaban J connectivity index is 1.73. The van der Waals surface area contributed by atoms with E-state index >= 15 is 0 Å². The Kier molecular flexibility index (Phi) is 6.47. The molecule has 1 aliphatic heterocycles. The third-order valence-electron chi connectivity index (χ3n) is 5.40. The summed E-state index contributed by atoms with van der Waals surface area (Å²) in [7, 11) is -4.20. The summed E-state index contributed by atoms with van der Waals surface area (Å²) in [4.78, 5) is 26.7. The molecule has 2 aromatic carbocycles. The van der Waals surface area contributed by atoms with Crippen molar-refractivity contribution < 1.29 is 18.0 Å². The average Bonchev–Trinajstić information content (AvgIpc) is 3.28. The smallest absolute Gasteiger partial charge is 0.265 e. The Morgan fingerprint density at radius 3 is 2.64 bits per heavy atom. The first-order chi connectivity index (χ1) is 15.7. The van der Waals surface area contributed by atoms with E-state index in [1.165, 1.54) is 17.4 Å². The lowest BCUT2D eigenvalue weighted by Crippen LogP contribution is -2.52. The van der Waals surface area contributed by atoms with Gasteiger partial charge in [-0.3, -0.25) is 13.9 Å². The summed E-state index contributed by atoms with van der Waals surface area (Å²) in [6, 6.07) is 12.2. The van der Waals surface area contributed by atoms with Crippen molar-refractivity contribution in [3.05, 3.63) is 74.9 Å². The quantitative estimate of drug-likeness (QED) is 0.526. The minimum atomic E-state index is -4.20. The van der Waals surface area contributed by atoms with E-state index in [0.29, 0.717) is 34.1 Å². The fourth-order valence-electron chi connectivity index (χ4n) is 3.72. The molecule has 4 rings (SSSR count). The Morgan fingerprint density at radius 2 is 1.91 bits per heavy atom. The SMILES string of the molecule is Cc1cc(S(=O)(=O)N2c3ccccc3NC(=O)C2CC(=O)NCc2cccs2)c(C)cc1Cl. The number of fused-ring (bicyclic) bond motifs is 1. The van der Waals surface area contributed by atoms with Gasteiger partial charge < -0.3 is 10.6 Å². The van der Waals surface area contributed by atoms with Gasteiger partial charge in [0, 0.05) is 9.90 Å². The molecular weight excluding hydrogens is 482 g/mol. The van der Waals surface area contributed by atoms with E-state index in [1.807, 2.05) is 17.5 Å². The molecule has 0 aliphatic carbocycles. The van der Waals surface area contributed by atoms with Crippen LogP contribution in [0.2, 0.25) is 5.02 Å². The number of nitrogens with zero attached hydrogens (tertiary/aromatic N) is 1. The van der Waals surface area contributed by atoms with Crippen LogP contribution in [0.4, 0.5) is 11.4 Å². The fourth-order valence-corrected chi connectivity index (χ4v) is 6.51. The highest BCUT2D eigenvalue weighted by molar-refractivity contribution is 7.93. The third-order valence-corrected chi connectivity index (χ3v) is 8.65. The summed E-state index contributed by atoms with van der Waals surface area (Å²) >= 11 is 7.67.